The zero-order valence-corrected chi connectivity index (χ0v) is 12.1. The summed E-state index contributed by atoms with van der Waals surface area (Å²) >= 11 is 0. The van der Waals surface area contributed by atoms with E-state index in [-0.39, 0.29) is 12.0 Å². The first-order valence-electron chi connectivity index (χ1n) is 6.77. The summed E-state index contributed by atoms with van der Waals surface area (Å²) < 4.78 is 7.36. The van der Waals surface area contributed by atoms with Crippen molar-refractivity contribution in [2.45, 2.75) is 25.5 Å². The molecule has 0 amide bonds. The second-order valence-electron chi connectivity index (χ2n) is 5.42. The van der Waals surface area contributed by atoms with E-state index >= 15 is 0 Å². The maximum atomic E-state index is 5.62. The van der Waals surface area contributed by atoms with Crippen molar-refractivity contribution in [3.8, 4) is 0 Å². The van der Waals surface area contributed by atoms with Crippen molar-refractivity contribution < 1.29 is 4.74 Å². The third-order valence-corrected chi connectivity index (χ3v) is 3.96. The fourth-order valence-corrected chi connectivity index (χ4v) is 2.80. The van der Waals surface area contributed by atoms with E-state index in [1.807, 2.05) is 19.4 Å². The number of aromatic nitrogens is 5. The fourth-order valence-electron chi connectivity index (χ4n) is 2.80. The number of aryl methyl sites for hydroxylation is 2. The van der Waals surface area contributed by atoms with Gasteiger partial charge in [-0.1, -0.05) is 5.21 Å². The Bertz CT molecular complexity index is 577. The normalized spacial score (nSPS) is 23.6. The number of nitrogens with zero attached hydrogens (tertiary/aromatic N) is 5. The van der Waals surface area contributed by atoms with Crippen LogP contribution < -0.4 is 0 Å². The molecule has 0 radical (unpaired) electrons. The zero-order valence-electron chi connectivity index (χ0n) is 12.1. The molecule has 1 aliphatic heterocycles. The van der Waals surface area contributed by atoms with E-state index in [9.17, 15) is 0 Å². The highest BCUT2D eigenvalue weighted by Crippen LogP contribution is 2.29. The van der Waals surface area contributed by atoms with Crippen LogP contribution in [-0.2, 0) is 18.3 Å². The third kappa shape index (κ3) is 2.46. The van der Waals surface area contributed by atoms with Crippen molar-refractivity contribution in [3.05, 3.63) is 29.3 Å². The molecule has 0 saturated carbocycles. The average molecular weight is 276 g/mol. The van der Waals surface area contributed by atoms with Gasteiger partial charge in [-0.15, -0.1) is 5.10 Å². The van der Waals surface area contributed by atoms with Gasteiger partial charge in [0.25, 0.3) is 0 Å². The van der Waals surface area contributed by atoms with E-state index in [0.29, 0.717) is 0 Å². The number of likely N-dealkylation sites (tertiary alicyclic amines) is 1. The topological polar surface area (TPSA) is 71.9 Å². The number of aromatic amines is 1. The number of hydrogen-bond acceptors (Lipinski definition) is 5. The molecule has 1 saturated heterocycles. The van der Waals surface area contributed by atoms with Crippen LogP contribution in [0.3, 0.4) is 0 Å². The Kier molecular flexibility index (Phi) is 3.54. The molecule has 7 heteroatoms. The molecular weight excluding hydrogens is 256 g/mol. The van der Waals surface area contributed by atoms with Crippen LogP contribution in [0.5, 0.6) is 0 Å². The lowest BCUT2D eigenvalue weighted by molar-refractivity contribution is 0.0956. The minimum Gasteiger partial charge on any atom is -0.379 e. The molecule has 1 aliphatic rings. The van der Waals surface area contributed by atoms with Crippen LogP contribution in [0.2, 0.25) is 0 Å². The predicted octanol–water partition coefficient (Wildman–Crippen LogP) is 0.461. The molecule has 3 rings (SSSR count). The van der Waals surface area contributed by atoms with Gasteiger partial charge in [0.1, 0.15) is 0 Å². The highest BCUT2D eigenvalue weighted by atomic mass is 16.5. The smallest absolute Gasteiger partial charge is 0.0897 e. The summed E-state index contributed by atoms with van der Waals surface area (Å²) in [5.74, 6) is 0.275. The number of methoxy groups -OCH3 is 1. The summed E-state index contributed by atoms with van der Waals surface area (Å²) in [4.78, 5) is 2.37. The molecule has 0 aromatic carbocycles. The van der Waals surface area contributed by atoms with Gasteiger partial charge in [0.15, 0.2) is 0 Å². The Labute approximate surface area is 117 Å². The molecule has 1 N–H and O–H groups in total. The van der Waals surface area contributed by atoms with Gasteiger partial charge in [-0.3, -0.25) is 14.7 Å². The quantitative estimate of drug-likeness (QED) is 0.878. The number of nitrogens with one attached hydrogen (secondary N) is 1. The van der Waals surface area contributed by atoms with Gasteiger partial charge in [0.2, 0.25) is 0 Å². The Morgan fingerprint density at radius 2 is 2.30 bits per heavy atom. The summed E-state index contributed by atoms with van der Waals surface area (Å²) in [6.07, 6.45) is 4.00. The van der Waals surface area contributed by atoms with Crippen LogP contribution >= 0.6 is 0 Å². The molecule has 0 aliphatic carbocycles. The van der Waals surface area contributed by atoms with Crippen LogP contribution in [0.4, 0.5) is 0 Å². The standard InChI is InChI=1S/C13H20N6O/c1-9-4-14-15-11(9)7-19-5-10(13(8-19)20-3)12-6-18(2)17-16-12/h4,6,10,13H,5,7-8H2,1-3H3,(H,14,15)/t10-,13+/m0/s1. The maximum Gasteiger partial charge on any atom is 0.0897 e. The van der Waals surface area contributed by atoms with Crippen molar-refractivity contribution in [1.82, 2.24) is 30.1 Å². The molecule has 1 fully saturated rings. The van der Waals surface area contributed by atoms with Gasteiger partial charge in [-0.25, -0.2) is 0 Å². The first-order chi connectivity index (χ1) is 9.67. The Morgan fingerprint density at radius 3 is 2.90 bits per heavy atom. The summed E-state index contributed by atoms with van der Waals surface area (Å²) in [5, 5.41) is 15.4. The van der Waals surface area contributed by atoms with Crippen LogP contribution in [0, 0.1) is 6.92 Å². The summed E-state index contributed by atoms with van der Waals surface area (Å²) in [6.45, 7) is 4.76. The van der Waals surface area contributed by atoms with Gasteiger partial charge in [0.05, 0.1) is 23.7 Å². The molecule has 108 valence electrons. The van der Waals surface area contributed by atoms with Crippen molar-refractivity contribution in [2.24, 2.45) is 7.05 Å². The molecule has 0 bridgehead atoms. The Balaban J connectivity index is 1.73. The lowest BCUT2D eigenvalue weighted by atomic mass is 10.0. The second kappa shape index (κ2) is 5.34. The lowest BCUT2D eigenvalue weighted by Crippen LogP contribution is -2.23. The van der Waals surface area contributed by atoms with Gasteiger partial charge in [0, 0.05) is 45.9 Å². The van der Waals surface area contributed by atoms with Crippen LogP contribution in [0.1, 0.15) is 22.9 Å². The summed E-state index contributed by atoms with van der Waals surface area (Å²) in [7, 11) is 3.65. The highest BCUT2D eigenvalue weighted by Gasteiger charge is 2.35. The molecule has 2 atom stereocenters. The molecule has 0 spiro atoms. The third-order valence-electron chi connectivity index (χ3n) is 3.96. The van der Waals surface area contributed by atoms with Crippen LogP contribution in [0.15, 0.2) is 12.4 Å². The van der Waals surface area contributed by atoms with E-state index < -0.39 is 0 Å². The molecule has 7 nitrogen and oxygen atoms in total. The maximum absolute atomic E-state index is 5.62. The minimum atomic E-state index is 0.162. The molecule has 2 aromatic rings. The molecular formula is C13H20N6O. The summed E-state index contributed by atoms with van der Waals surface area (Å²) in [6, 6.07) is 0. The number of H-pyrrole nitrogens is 1. The van der Waals surface area contributed by atoms with Crippen molar-refractivity contribution in [3.63, 3.8) is 0 Å². The number of hydrogen-bond donors (Lipinski definition) is 1. The first-order valence-corrected chi connectivity index (χ1v) is 6.77. The number of ether oxygens (including phenoxy) is 1. The van der Waals surface area contributed by atoms with E-state index in [0.717, 1.165) is 25.3 Å². The largest absolute Gasteiger partial charge is 0.379 e. The van der Waals surface area contributed by atoms with E-state index in [1.54, 1.807) is 11.8 Å². The molecule has 0 unspecified atom stereocenters. The van der Waals surface area contributed by atoms with Crippen LogP contribution in [0.25, 0.3) is 0 Å². The molecule has 20 heavy (non-hydrogen) atoms. The van der Waals surface area contributed by atoms with Gasteiger partial charge < -0.3 is 4.74 Å². The van der Waals surface area contributed by atoms with E-state index in [2.05, 4.69) is 32.3 Å². The molecule has 3 heterocycles. The lowest BCUT2D eigenvalue weighted by Gasteiger charge is -2.14. The van der Waals surface area contributed by atoms with E-state index in [4.69, 9.17) is 4.74 Å². The minimum absolute atomic E-state index is 0.162. The Morgan fingerprint density at radius 1 is 1.45 bits per heavy atom. The SMILES string of the molecule is CO[C@@H]1CN(Cc2[nH]ncc2C)C[C@H]1c1cn(C)nn1. The summed E-state index contributed by atoms with van der Waals surface area (Å²) in [5.41, 5.74) is 3.37. The zero-order chi connectivity index (χ0) is 14.1. The highest BCUT2D eigenvalue weighted by molar-refractivity contribution is 5.15. The first kappa shape index (κ1) is 13.3. The Hall–Kier alpha value is -1.73. The van der Waals surface area contributed by atoms with Crippen molar-refractivity contribution >= 4 is 0 Å². The average Bonchev–Trinajstić information content (AvgIpc) is 3.11. The predicted molar refractivity (Wildman–Crippen MR) is 73.1 cm³/mol. The van der Waals surface area contributed by atoms with E-state index in [1.165, 1.54) is 11.3 Å². The number of rotatable bonds is 4. The second-order valence-corrected chi connectivity index (χ2v) is 5.42. The van der Waals surface area contributed by atoms with Crippen molar-refractivity contribution in [2.75, 3.05) is 20.2 Å². The van der Waals surface area contributed by atoms with Gasteiger partial charge in [-0.2, -0.15) is 5.10 Å². The fraction of sp³-hybridized carbons (Fsp3) is 0.615. The van der Waals surface area contributed by atoms with Gasteiger partial charge in [-0.05, 0) is 12.5 Å². The van der Waals surface area contributed by atoms with Gasteiger partial charge >= 0.3 is 0 Å². The van der Waals surface area contributed by atoms with Crippen molar-refractivity contribution in [1.29, 1.82) is 0 Å². The van der Waals surface area contributed by atoms with Crippen LogP contribution in [-0.4, -0.2) is 56.4 Å². The molecule has 2 aromatic heterocycles. The monoisotopic (exact) mass is 276 g/mol.